The molecule has 0 amide bonds. The van der Waals surface area contributed by atoms with E-state index in [4.69, 9.17) is 27.3 Å². The Morgan fingerprint density at radius 2 is 2.15 bits per heavy atom. The number of halogens is 2. The number of rotatable bonds is 7. The summed E-state index contributed by atoms with van der Waals surface area (Å²) < 4.78 is 6.56. The van der Waals surface area contributed by atoms with Crippen LogP contribution in [0.5, 0.6) is 5.75 Å². The Kier molecular flexibility index (Phi) is 6.62. The molecule has 0 heterocycles. The molecule has 3 N–H and O–H groups in total. The van der Waals surface area contributed by atoms with Crippen LogP contribution in [0.4, 0.5) is 0 Å². The first-order valence-corrected chi connectivity index (χ1v) is 7.60. The summed E-state index contributed by atoms with van der Waals surface area (Å²) in [6.07, 6.45) is 2.65. The summed E-state index contributed by atoms with van der Waals surface area (Å²) in [6, 6.07) is 5.54. The zero-order chi connectivity index (χ0) is 15.2. The Morgan fingerprint density at radius 1 is 1.45 bits per heavy atom. The zero-order valence-electron chi connectivity index (χ0n) is 11.7. The molecule has 0 aliphatic rings. The molecule has 20 heavy (non-hydrogen) atoms. The Balaban J connectivity index is 2.32. The summed E-state index contributed by atoms with van der Waals surface area (Å²) in [6.45, 7) is 4.50. The SMILES string of the molecule is CC(C)(CCCCOc1ccc(Br)cc1Cl)/C(N)=N/O. The van der Waals surface area contributed by atoms with Gasteiger partial charge in [-0.25, -0.2) is 0 Å². The first kappa shape index (κ1) is 17.1. The minimum Gasteiger partial charge on any atom is -0.492 e. The van der Waals surface area contributed by atoms with Crippen LogP contribution in [0, 0.1) is 5.41 Å². The molecule has 0 unspecified atom stereocenters. The summed E-state index contributed by atoms with van der Waals surface area (Å²) in [5, 5.41) is 12.4. The van der Waals surface area contributed by atoms with Gasteiger partial charge in [-0.05, 0) is 37.5 Å². The molecule has 1 aromatic rings. The van der Waals surface area contributed by atoms with E-state index in [1.807, 2.05) is 26.0 Å². The molecule has 6 heteroatoms. The Morgan fingerprint density at radius 3 is 2.75 bits per heavy atom. The van der Waals surface area contributed by atoms with Gasteiger partial charge in [-0.3, -0.25) is 0 Å². The van der Waals surface area contributed by atoms with Crippen molar-refractivity contribution in [2.75, 3.05) is 6.61 Å². The van der Waals surface area contributed by atoms with E-state index in [0.717, 1.165) is 23.7 Å². The summed E-state index contributed by atoms with van der Waals surface area (Å²) in [7, 11) is 0. The van der Waals surface area contributed by atoms with Gasteiger partial charge in [-0.1, -0.05) is 46.5 Å². The maximum Gasteiger partial charge on any atom is 0.144 e. The molecule has 0 radical (unpaired) electrons. The minimum atomic E-state index is -0.302. The van der Waals surface area contributed by atoms with E-state index >= 15 is 0 Å². The van der Waals surface area contributed by atoms with Crippen LogP contribution in [0.25, 0.3) is 0 Å². The van der Waals surface area contributed by atoms with Gasteiger partial charge in [0.2, 0.25) is 0 Å². The number of hydrogen-bond donors (Lipinski definition) is 2. The number of nitrogens with two attached hydrogens (primary N) is 1. The van der Waals surface area contributed by atoms with Gasteiger partial charge in [0.1, 0.15) is 11.6 Å². The molecular formula is C14H20BrClN2O2. The monoisotopic (exact) mass is 362 g/mol. The fraction of sp³-hybridized carbons (Fsp3) is 0.500. The Hall–Kier alpha value is -0.940. The number of ether oxygens (including phenoxy) is 1. The van der Waals surface area contributed by atoms with Crippen molar-refractivity contribution in [3.8, 4) is 5.75 Å². The lowest BCUT2D eigenvalue weighted by Crippen LogP contribution is -2.31. The van der Waals surface area contributed by atoms with Gasteiger partial charge >= 0.3 is 0 Å². The molecule has 4 nitrogen and oxygen atoms in total. The highest BCUT2D eigenvalue weighted by Gasteiger charge is 2.22. The maximum atomic E-state index is 8.69. The highest BCUT2D eigenvalue weighted by molar-refractivity contribution is 9.10. The van der Waals surface area contributed by atoms with Crippen molar-refractivity contribution >= 4 is 33.4 Å². The first-order chi connectivity index (χ1) is 9.36. The standard InChI is InChI=1S/C14H20BrClN2O2/c1-14(2,13(17)18-19)7-3-4-8-20-12-6-5-10(15)9-11(12)16/h5-6,9,19H,3-4,7-8H2,1-2H3,(H2,17,18). The van der Waals surface area contributed by atoms with Gasteiger partial charge in [0.05, 0.1) is 11.6 Å². The number of oxime groups is 1. The van der Waals surface area contributed by atoms with E-state index in [0.29, 0.717) is 17.4 Å². The van der Waals surface area contributed by atoms with Crippen molar-refractivity contribution in [1.82, 2.24) is 0 Å². The van der Waals surface area contributed by atoms with Crippen LogP contribution in [0.15, 0.2) is 27.8 Å². The van der Waals surface area contributed by atoms with Crippen LogP contribution in [0.2, 0.25) is 5.02 Å². The number of benzene rings is 1. The quantitative estimate of drug-likeness (QED) is 0.248. The molecule has 0 aliphatic heterocycles. The number of hydrogen-bond acceptors (Lipinski definition) is 3. The number of nitrogens with zero attached hydrogens (tertiary/aromatic N) is 1. The molecule has 1 rings (SSSR count). The predicted molar refractivity (Wildman–Crippen MR) is 85.7 cm³/mol. The smallest absolute Gasteiger partial charge is 0.144 e. The van der Waals surface area contributed by atoms with Crippen LogP contribution < -0.4 is 10.5 Å². The lowest BCUT2D eigenvalue weighted by atomic mass is 9.86. The summed E-state index contributed by atoms with van der Waals surface area (Å²) >= 11 is 9.41. The molecular weight excluding hydrogens is 344 g/mol. The number of unbranched alkanes of at least 4 members (excludes halogenated alkanes) is 1. The lowest BCUT2D eigenvalue weighted by Gasteiger charge is -2.22. The van der Waals surface area contributed by atoms with Crippen molar-refractivity contribution in [2.45, 2.75) is 33.1 Å². The Bertz CT molecular complexity index is 478. The minimum absolute atomic E-state index is 0.259. The van der Waals surface area contributed by atoms with E-state index in [1.54, 1.807) is 6.07 Å². The fourth-order valence-corrected chi connectivity index (χ4v) is 2.43. The second-order valence-electron chi connectivity index (χ2n) is 5.25. The second kappa shape index (κ2) is 7.74. The lowest BCUT2D eigenvalue weighted by molar-refractivity contribution is 0.288. The van der Waals surface area contributed by atoms with Crippen molar-refractivity contribution < 1.29 is 9.94 Å². The molecule has 0 aliphatic carbocycles. The van der Waals surface area contributed by atoms with Crippen molar-refractivity contribution in [1.29, 1.82) is 0 Å². The zero-order valence-corrected chi connectivity index (χ0v) is 14.0. The molecule has 1 aromatic carbocycles. The second-order valence-corrected chi connectivity index (χ2v) is 6.57. The average molecular weight is 364 g/mol. The van der Waals surface area contributed by atoms with E-state index in [1.165, 1.54) is 0 Å². The van der Waals surface area contributed by atoms with E-state index < -0.39 is 0 Å². The van der Waals surface area contributed by atoms with Crippen LogP contribution in [-0.4, -0.2) is 17.6 Å². The third-order valence-corrected chi connectivity index (χ3v) is 3.94. The van der Waals surface area contributed by atoms with E-state index in [9.17, 15) is 0 Å². The summed E-state index contributed by atoms with van der Waals surface area (Å²) in [5.41, 5.74) is 5.34. The third-order valence-electron chi connectivity index (χ3n) is 3.15. The van der Waals surface area contributed by atoms with Crippen LogP contribution in [0.3, 0.4) is 0 Å². The largest absolute Gasteiger partial charge is 0.492 e. The molecule has 0 aromatic heterocycles. The number of amidine groups is 1. The highest BCUT2D eigenvalue weighted by Crippen LogP contribution is 2.28. The first-order valence-electron chi connectivity index (χ1n) is 6.42. The molecule has 0 atom stereocenters. The molecule has 0 saturated carbocycles. The maximum absolute atomic E-state index is 8.69. The molecule has 0 spiro atoms. The van der Waals surface area contributed by atoms with Gasteiger partial charge in [0.15, 0.2) is 0 Å². The van der Waals surface area contributed by atoms with Crippen molar-refractivity contribution in [3.05, 3.63) is 27.7 Å². The predicted octanol–water partition coefficient (Wildman–Crippen LogP) is 4.42. The average Bonchev–Trinajstić information content (AvgIpc) is 2.39. The van der Waals surface area contributed by atoms with E-state index in [2.05, 4.69) is 21.1 Å². The van der Waals surface area contributed by atoms with Gasteiger partial charge in [-0.15, -0.1) is 0 Å². The molecule has 0 bridgehead atoms. The van der Waals surface area contributed by atoms with Crippen molar-refractivity contribution in [3.63, 3.8) is 0 Å². The molecule has 112 valence electrons. The van der Waals surface area contributed by atoms with Gasteiger partial charge < -0.3 is 15.7 Å². The van der Waals surface area contributed by atoms with E-state index in [-0.39, 0.29) is 11.3 Å². The van der Waals surface area contributed by atoms with Crippen LogP contribution in [0.1, 0.15) is 33.1 Å². The molecule has 0 saturated heterocycles. The molecule has 0 fully saturated rings. The van der Waals surface area contributed by atoms with Crippen LogP contribution >= 0.6 is 27.5 Å². The highest BCUT2D eigenvalue weighted by atomic mass is 79.9. The third kappa shape index (κ3) is 5.21. The van der Waals surface area contributed by atoms with Crippen molar-refractivity contribution in [2.24, 2.45) is 16.3 Å². The normalized spacial score (nSPS) is 12.5. The fourth-order valence-electron chi connectivity index (χ4n) is 1.71. The van der Waals surface area contributed by atoms with Gasteiger partial charge in [0, 0.05) is 9.89 Å². The Labute approximate surface area is 133 Å². The summed E-state index contributed by atoms with van der Waals surface area (Å²) in [4.78, 5) is 0. The van der Waals surface area contributed by atoms with Crippen LogP contribution in [-0.2, 0) is 0 Å². The van der Waals surface area contributed by atoms with Gasteiger partial charge in [0.25, 0.3) is 0 Å². The topological polar surface area (TPSA) is 67.8 Å². The summed E-state index contributed by atoms with van der Waals surface area (Å²) in [5.74, 6) is 0.944. The van der Waals surface area contributed by atoms with Gasteiger partial charge in [-0.2, -0.15) is 0 Å².